The molecule has 5 heteroatoms. The quantitative estimate of drug-likeness (QED) is 0.197. The first-order valence-electron chi connectivity index (χ1n) is 12.1. The predicted octanol–water partition coefficient (Wildman–Crippen LogP) is 5.96. The van der Waals surface area contributed by atoms with Crippen LogP contribution in [0.4, 0.5) is 0 Å². The molecule has 3 aromatic carbocycles. The fraction of sp³-hybridized carbons (Fsp3) is 0.333. The summed E-state index contributed by atoms with van der Waals surface area (Å²) < 4.78 is 11.0. The van der Waals surface area contributed by atoms with E-state index in [4.69, 9.17) is 9.79 Å². The van der Waals surface area contributed by atoms with Gasteiger partial charge in [0.05, 0.1) is 6.16 Å². The van der Waals surface area contributed by atoms with E-state index in [1.54, 1.807) is 0 Å². The summed E-state index contributed by atoms with van der Waals surface area (Å²) in [6.07, 6.45) is 1.23. The molecule has 0 saturated heterocycles. The minimum Gasteiger partial charge on any atom is -0.324 e. The molecule has 4 nitrogen and oxygen atoms in total. The van der Waals surface area contributed by atoms with Crippen molar-refractivity contribution in [3.05, 3.63) is 105 Å². The van der Waals surface area contributed by atoms with Crippen LogP contribution in [0.25, 0.3) is 0 Å². The van der Waals surface area contributed by atoms with Crippen molar-refractivity contribution in [1.82, 2.24) is 5.32 Å². The number of hydrogen-bond acceptors (Lipinski definition) is 2. The summed E-state index contributed by atoms with van der Waals surface area (Å²) >= 11 is 0. The van der Waals surface area contributed by atoms with Crippen LogP contribution in [-0.2, 0) is 17.5 Å². The molecule has 0 amide bonds. The van der Waals surface area contributed by atoms with Crippen LogP contribution in [0.15, 0.2) is 60.7 Å². The minimum atomic E-state index is -3.92. The van der Waals surface area contributed by atoms with E-state index in [1.165, 1.54) is 27.8 Å². The Bertz CT molecular complexity index is 1270. The molecule has 0 aliphatic carbocycles. The lowest BCUT2D eigenvalue weighted by atomic mass is 9.90. The molecule has 0 heterocycles. The molecule has 0 aliphatic rings. The van der Waals surface area contributed by atoms with Gasteiger partial charge in [-0.05, 0) is 92.6 Å². The van der Waals surface area contributed by atoms with E-state index in [2.05, 4.69) is 106 Å². The summed E-state index contributed by atoms with van der Waals surface area (Å²) in [5.41, 5.74) is 9.69. The summed E-state index contributed by atoms with van der Waals surface area (Å²) in [6.45, 7) is 9.73. The second kappa shape index (κ2) is 12.3. The molecule has 0 aromatic heterocycles. The molecule has 0 aliphatic heterocycles. The molecule has 184 valence electrons. The monoisotopic (exact) mass is 489 g/mol. The van der Waals surface area contributed by atoms with Crippen LogP contribution in [0.3, 0.4) is 0 Å². The molecular weight excluding hydrogens is 453 g/mol. The van der Waals surface area contributed by atoms with Crippen molar-refractivity contribution in [2.75, 3.05) is 12.7 Å². The van der Waals surface area contributed by atoms with Gasteiger partial charge in [-0.3, -0.25) is 4.57 Å². The first kappa shape index (κ1) is 26.9. The molecule has 0 fully saturated rings. The van der Waals surface area contributed by atoms with Crippen LogP contribution >= 0.6 is 7.60 Å². The number of aryl methyl sites for hydroxylation is 4. The Hall–Kier alpha value is -2.67. The van der Waals surface area contributed by atoms with E-state index in [1.807, 2.05) is 0 Å². The molecule has 0 radical (unpaired) electrons. The highest BCUT2D eigenvalue weighted by Gasteiger charge is 2.12. The summed E-state index contributed by atoms with van der Waals surface area (Å²) in [7, 11) is -3.92. The maximum atomic E-state index is 11.0. The summed E-state index contributed by atoms with van der Waals surface area (Å²) in [5.74, 6) is 7.06. The number of hydrogen-bond donors (Lipinski definition) is 3. The third-order valence-electron chi connectivity index (χ3n) is 6.31. The third kappa shape index (κ3) is 8.80. The lowest BCUT2D eigenvalue weighted by Gasteiger charge is -2.14. The average molecular weight is 490 g/mol. The maximum Gasteiger partial charge on any atom is 0.325 e. The Labute approximate surface area is 210 Å². The summed E-state index contributed by atoms with van der Waals surface area (Å²) in [5, 5.41) is 3.27. The number of benzene rings is 3. The fourth-order valence-corrected chi connectivity index (χ4v) is 4.65. The predicted molar refractivity (Wildman–Crippen MR) is 145 cm³/mol. The van der Waals surface area contributed by atoms with Gasteiger partial charge in [-0.2, -0.15) is 0 Å². The zero-order valence-electron chi connectivity index (χ0n) is 21.1. The first-order chi connectivity index (χ1) is 16.6. The standard InChI is InChI=1S/C30H36NO3P/c1-22-7-5-8-28(17-22)29(20-27-10-9-23(2)24(3)18-27)13-11-26-12-14-30(25(4)19-26)21-31-15-6-16-35(32,33)34/h5,7-10,12,14,17-19,29,31H,6,15-16,20-21H2,1-4H3,(H2,32,33,34). The van der Waals surface area contributed by atoms with Gasteiger partial charge in [0.1, 0.15) is 0 Å². The van der Waals surface area contributed by atoms with Crippen molar-refractivity contribution in [3.63, 3.8) is 0 Å². The maximum absolute atomic E-state index is 11.0. The van der Waals surface area contributed by atoms with Gasteiger partial charge in [0, 0.05) is 18.0 Å². The Kier molecular flexibility index (Phi) is 9.49. The highest BCUT2D eigenvalue weighted by atomic mass is 31.2. The SMILES string of the molecule is Cc1cccc(C(C#Cc2ccc(CNCCCP(=O)(O)O)c(C)c2)Cc2ccc(C)c(C)c2)c1. The summed E-state index contributed by atoms with van der Waals surface area (Å²) in [6, 6.07) is 21.5. The van der Waals surface area contributed by atoms with Crippen molar-refractivity contribution < 1.29 is 14.4 Å². The molecule has 3 aromatic rings. The van der Waals surface area contributed by atoms with E-state index in [0.717, 1.165) is 23.1 Å². The minimum absolute atomic E-state index is 0.0855. The Morgan fingerprint density at radius 3 is 2.40 bits per heavy atom. The van der Waals surface area contributed by atoms with Crippen molar-refractivity contribution in [1.29, 1.82) is 0 Å². The van der Waals surface area contributed by atoms with Gasteiger partial charge in [0.2, 0.25) is 0 Å². The van der Waals surface area contributed by atoms with E-state index >= 15 is 0 Å². The largest absolute Gasteiger partial charge is 0.325 e. The van der Waals surface area contributed by atoms with Crippen LogP contribution < -0.4 is 5.32 Å². The average Bonchev–Trinajstić information content (AvgIpc) is 2.79. The molecule has 1 atom stereocenters. The molecule has 3 rings (SSSR count). The fourth-order valence-electron chi connectivity index (χ4n) is 4.08. The first-order valence-corrected chi connectivity index (χ1v) is 13.9. The molecule has 0 bridgehead atoms. The zero-order valence-corrected chi connectivity index (χ0v) is 22.0. The van der Waals surface area contributed by atoms with Crippen LogP contribution in [0, 0.1) is 39.5 Å². The number of rotatable bonds is 9. The van der Waals surface area contributed by atoms with Crippen LogP contribution in [0.5, 0.6) is 0 Å². The zero-order chi connectivity index (χ0) is 25.4. The van der Waals surface area contributed by atoms with Crippen LogP contribution in [-0.4, -0.2) is 22.5 Å². The molecular formula is C30H36NO3P. The van der Waals surface area contributed by atoms with Crippen molar-refractivity contribution >= 4 is 7.60 Å². The van der Waals surface area contributed by atoms with Gasteiger partial charge >= 0.3 is 7.60 Å². The van der Waals surface area contributed by atoms with Crippen molar-refractivity contribution in [2.45, 2.75) is 53.0 Å². The summed E-state index contributed by atoms with van der Waals surface area (Å²) in [4.78, 5) is 17.9. The van der Waals surface area contributed by atoms with Crippen LogP contribution in [0.2, 0.25) is 0 Å². The number of nitrogens with one attached hydrogen (secondary N) is 1. The Balaban J connectivity index is 1.73. The second-order valence-electron chi connectivity index (χ2n) is 9.42. The lowest BCUT2D eigenvalue weighted by molar-refractivity contribution is 0.371. The van der Waals surface area contributed by atoms with Gasteiger partial charge in [0.25, 0.3) is 0 Å². The topological polar surface area (TPSA) is 69.6 Å². The van der Waals surface area contributed by atoms with E-state index < -0.39 is 7.60 Å². The van der Waals surface area contributed by atoms with E-state index in [0.29, 0.717) is 19.5 Å². The normalized spacial score (nSPS) is 12.2. The Morgan fingerprint density at radius 1 is 0.914 bits per heavy atom. The molecule has 35 heavy (non-hydrogen) atoms. The molecule has 3 N–H and O–H groups in total. The van der Waals surface area contributed by atoms with Crippen molar-refractivity contribution in [3.8, 4) is 11.8 Å². The van der Waals surface area contributed by atoms with Gasteiger partial charge in [0.15, 0.2) is 0 Å². The van der Waals surface area contributed by atoms with Gasteiger partial charge in [-0.1, -0.05) is 65.9 Å². The molecule has 0 spiro atoms. The lowest BCUT2D eigenvalue weighted by Crippen LogP contribution is -2.16. The Morgan fingerprint density at radius 2 is 1.71 bits per heavy atom. The van der Waals surface area contributed by atoms with E-state index in [9.17, 15) is 4.57 Å². The highest BCUT2D eigenvalue weighted by molar-refractivity contribution is 7.51. The van der Waals surface area contributed by atoms with Gasteiger partial charge < -0.3 is 15.1 Å². The molecule has 1 unspecified atom stereocenters. The third-order valence-corrected chi connectivity index (χ3v) is 7.21. The van der Waals surface area contributed by atoms with Gasteiger partial charge in [-0.15, -0.1) is 0 Å². The highest BCUT2D eigenvalue weighted by Crippen LogP contribution is 2.34. The van der Waals surface area contributed by atoms with Gasteiger partial charge in [-0.25, -0.2) is 0 Å². The van der Waals surface area contributed by atoms with Crippen molar-refractivity contribution in [2.24, 2.45) is 0 Å². The van der Waals surface area contributed by atoms with E-state index in [-0.39, 0.29) is 12.1 Å². The smallest absolute Gasteiger partial charge is 0.324 e. The molecule has 0 saturated carbocycles. The van der Waals surface area contributed by atoms with Crippen LogP contribution in [0.1, 0.15) is 56.8 Å². The second-order valence-corrected chi connectivity index (χ2v) is 11.2.